The van der Waals surface area contributed by atoms with Crippen molar-refractivity contribution >= 4 is 11.7 Å². The van der Waals surface area contributed by atoms with Crippen LogP contribution in [-0.4, -0.2) is 63.6 Å². The van der Waals surface area contributed by atoms with Crippen LogP contribution in [0, 0.1) is 6.92 Å². The summed E-state index contributed by atoms with van der Waals surface area (Å²) in [7, 11) is 1.61. The largest absolute Gasteiger partial charge is 0.384 e. The van der Waals surface area contributed by atoms with Crippen molar-refractivity contribution in [1.29, 1.82) is 0 Å². The topological polar surface area (TPSA) is 85.2 Å². The molecule has 8 nitrogen and oxygen atoms in total. The van der Waals surface area contributed by atoms with Crippen molar-refractivity contribution in [2.24, 2.45) is 0 Å². The number of aromatic nitrogens is 4. The molecule has 3 rings (SSSR count). The lowest BCUT2D eigenvalue weighted by atomic mass is 10.0. The molecule has 1 amide bonds. The number of ether oxygens (including phenoxy) is 1. The predicted octanol–water partition coefficient (Wildman–Crippen LogP) is 1.41. The molecule has 8 heteroatoms. The zero-order valence-electron chi connectivity index (χ0n) is 14.7. The Bertz CT molecular complexity index is 691. The van der Waals surface area contributed by atoms with Crippen molar-refractivity contribution < 1.29 is 9.53 Å². The highest BCUT2D eigenvalue weighted by Gasteiger charge is 2.22. The van der Waals surface area contributed by atoms with Gasteiger partial charge in [0.1, 0.15) is 5.82 Å². The average molecular weight is 344 g/mol. The van der Waals surface area contributed by atoms with Crippen LogP contribution in [0.5, 0.6) is 0 Å². The smallest absolute Gasteiger partial charge is 0.224 e. The fourth-order valence-corrected chi connectivity index (χ4v) is 2.90. The van der Waals surface area contributed by atoms with Gasteiger partial charge in [-0.1, -0.05) is 0 Å². The highest BCUT2D eigenvalue weighted by molar-refractivity contribution is 5.76. The molecule has 0 spiro atoms. The second-order valence-electron chi connectivity index (χ2n) is 6.22. The molecule has 1 fully saturated rings. The van der Waals surface area contributed by atoms with Gasteiger partial charge < -0.3 is 15.0 Å². The number of aryl methyl sites for hydroxylation is 1. The molecule has 0 atom stereocenters. The van der Waals surface area contributed by atoms with Crippen LogP contribution < -0.4 is 5.32 Å². The standard InChI is InChI=1S/C17H24N6O2/c1-13-5-11-23(21-13)16-4-3-15(19-20-16)18-14-6-9-22(10-7-14)17(24)8-12-25-2/h3-5,11,14H,6-10,12H2,1-2H3,(H,18,19). The van der Waals surface area contributed by atoms with E-state index in [1.54, 1.807) is 11.8 Å². The second kappa shape index (κ2) is 8.06. The van der Waals surface area contributed by atoms with Gasteiger partial charge in [-0.15, -0.1) is 10.2 Å². The van der Waals surface area contributed by atoms with Gasteiger partial charge in [-0.2, -0.15) is 5.10 Å². The fourth-order valence-electron chi connectivity index (χ4n) is 2.90. The maximum Gasteiger partial charge on any atom is 0.224 e. The minimum absolute atomic E-state index is 0.166. The van der Waals surface area contributed by atoms with Crippen LogP contribution in [0.1, 0.15) is 25.0 Å². The Morgan fingerprint density at radius 1 is 1.28 bits per heavy atom. The van der Waals surface area contributed by atoms with Gasteiger partial charge in [0.2, 0.25) is 5.91 Å². The van der Waals surface area contributed by atoms with Gasteiger partial charge in [0, 0.05) is 32.4 Å². The minimum Gasteiger partial charge on any atom is -0.384 e. The Balaban J connectivity index is 1.50. The van der Waals surface area contributed by atoms with Crippen molar-refractivity contribution in [3.05, 3.63) is 30.1 Å². The second-order valence-corrected chi connectivity index (χ2v) is 6.22. The van der Waals surface area contributed by atoms with Crippen LogP contribution in [0.2, 0.25) is 0 Å². The highest BCUT2D eigenvalue weighted by Crippen LogP contribution is 2.16. The van der Waals surface area contributed by atoms with E-state index in [0.717, 1.165) is 37.4 Å². The third kappa shape index (κ3) is 4.54. The highest BCUT2D eigenvalue weighted by atomic mass is 16.5. The first kappa shape index (κ1) is 17.3. The van der Waals surface area contributed by atoms with Crippen molar-refractivity contribution in [2.75, 3.05) is 32.1 Å². The van der Waals surface area contributed by atoms with E-state index in [4.69, 9.17) is 4.74 Å². The molecule has 1 N–H and O–H groups in total. The summed E-state index contributed by atoms with van der Waals surface area (Å²) < 4.78 is 6.67. The van der Waals surface area contributed by atoms with Crippen molar-refractivity contribution in [2.45, 2.75) is 32.2 Å². The van der Waals surface area contributed by atoms with Gasteiger partial charge in [0.25, 0.3) is 0 Å². The van der Waals surface area contributed by atoms with Crippen LogP contribution in [0.15, 0.2) is 24.4 Å². The molecular weight excluding hydrogens is 320 g/mol. The van der Waals surface area contributed by atoms with Gasteiger partial charge in [0.05, 0.1) is 18.7 Å². The SMILES string of the molecule is COCCC(=O)N1CCC(Nc2ccc(-n3ccc(C)n3)nn2)CC1. The summed E-state index contributed by atoms with van der Waals surface area (Å²) in [4.78, 5) is 13.9. The molecule has 0 aromatic carbocycles. The molecule has 1 aliphatic heterocycles. The van der Waals surface area contributed by atoms with Gasteiger partial charge in [-0.25, -0.2) is 4.68 Å². The van der Waals surface area contributed by atoms with Crippen LogP contribution in [-0.2, 0) is 9.53 Å². The molecule has 134 valence electrons. The van der Waals surface area contributed by atoms with Crippen molar-refractivity contribution in [3.63, 3.8) is 0 Å². The molecule has 0 aliphatic carbocycles. The number of carbonyl (C=O) groups is 1. The molecule has 0 saturated carbocycles. The summed E-state index contributed by atoms with van der Waals surface area (Å²) in [5.74, 6) is 1.60. The molecule has 1 aliphatic rings. The number of piperidine rings is 1. The number of rotatable bonds is 6. The number of likely N-dealkylation sites (tertiary alicyclic amines) is 1. The summed E-state index contributed by atoms with van der Waals surface area (Å²) >= 11 is 0. The summed E-state index contributed by atoms with van der Waals surface area (Å²) in [6, 6.07) is 6.04. The van der Waals surface area contributed by atoms with Crippen LogP contribution in [0.3, 0.4) is 0 Å². The molecular formula is C17H24N6O2. The number of hydrogen-bond donors (Lipinski definition) is 1. The van der Waals surface area contributed by atoms with E-state index in [1.807, 2.05) is 36.2 Å². The number of amides is 1. The number of nitrogens with zero attached hydrogens (tertiary/aromatic N) is 5. The number of hydrogen-bond acceptors (Lipinski definition) is 6. The molecule has 0 unspecified atom stereocenters. The zero-order chi connectivity index (χ0) is 17.6. The number of methoxy groups -OCH3 is 1. The van der Waals surface area contributed by atoms with Gasteiger partial charge >= 0.3 is 0 Å². The van der Waals surface area contributed by atoms with E-state index in [9.17, 15) is 4.79 Å². The molecule has 3 heterocycles. The van der Waals surface area contributed by atoms with E-state index in [0.29, 0.717) is 24.9 Å². The van der Waals surface area contributed by atoms with Gasteiger partial charge in [-0.3, -0.25) is 4.79 Å². The molecule has 2 aromatic heterocycles. The first-order valence-electron chi connectivity index (χ1n) is 8.55. The van der Waals surface area contributed by atoms with E-state index in [-0.39, 0.29) is 5.91 Å². The average Bonchev–Trinajstić information content (AvgIpc) is 3.07. The van der Waals surface area contributed by atoms with Crippen LogP contribution in [0.4, 0.5) is 5.82 Å². The predicted molar refractivity (Wildman–Crippen MR) is 93.6 cm³/mol. The van der Waals surface area contributed by atoms with Crippen molar-refractivity contribution in [1.82, 2.24) is 24.9 Å². The Morgan fingerprint density at radius 3 is 2.68 bits per heavy atom. The van der Waals surface area contributed by atoms with Crippen LogP contribution >= 0.6 is 0 Å². The van der Waals surface area contributed by atoms with E-state index >= 15 is 0 Å². The molecule has 1 saturated heterocycles. The first-order valence-corrected chi connectivity index (χ1v) is 8.55. The van der Waals surface area contributed by atoms with E-state index in [2.05, 4.69) is 20.6 Å². The lowest BCUT2D eigenvalue weighted by Crippen LogP contribution is -2.42. The van der Waals surface area contributed by atoms with E-state index in [1.165, 1.54) is 0 Å². The maximum absolute atomic E-state index is 12.0. The zero-order valence-corrected chi connectivity index (χ0v) is 14.7. The summed E-state index contributed by atoms with van der Waals surface area (Å²) in [5.41, 5.74) is 0.941. The summed E-state index contributed by atoms with van der Waals surface area (Å²) in [6.07, 6.45) is 4.12. The molecule has 0 bridgehead atoms. The third-order valence-electron chi connectivity index (χ3n) is 4.33. The Morgan fingerprint density at radius 2 is 2.08 bits per heavy atom. The van der Waals surface area contributed by atoms with Gasteiger partial charge in [-0.05, 0) is 38.0 Å². The lowest BCUT2D eigenvalue weighted by Gasteiger charge is -2.32. The maximum atomic E-state index is 12.0. The third-order valence-corrected chi connectivity index (χ3v) is 4.33. The number of anilines is 1. The number of carbonyl (C=O) groups excluding carboxylic acids is 1. The first-order chi connectivity index (χ1) is 12.2. The van der Waals surface area contributed by atoms with Crippen molar-refractivity contribution in [3.8, 4) is 5.82 Å². The Hall–Kier alpha value is -2.48. The summed E-state index contributed by atoms with van der Waals surface area (Å²) in [6.45, 7) is 3.94. The minimum atomic E-state index is 0.166. The molecule has 2 aromatic rings. The normalized spacial score (nSPS) is 15.4. The molecule has 25 heavy (non-hydrogen) atoms. The van der Waals surface area contributed by atoms with E-state index < -0.39 is 0 Å². The monoisotopic (exact) mass is 344 g/mol. The Labute approximate surface area is 147 Å². The quantitative estimate of drug-likeness (QED) is 0.853. The number of nitrogens with one attached hydrogen (secondary N) is 1. The fraction of sp³-hybridized carbons (Fsp3) is 0.529. The molecule has 0 radical (unpaired) electrons. The van der Waals surface area contributed by atoms with Crippen LogP contribution in [0.25, 0.3) is 5.82 Å². The Kier molecular flexibility index (Phi) is 5.60. The van der Waals surface area contributed by atoms with Gasteiger partial charge in [0.15, 0.2) is 5.82 Å². The lowest BCUT2D eigenvalue weighted by molar-refractivity contribution is -0.133. The summed E-state index contributed by atoms with van der Waals surface area (Å²) in [5, 5.41) is 16.2.